The average molecular weight is 370 g/mol. The molecule has 0 atom stereocenters. The number of aromatic amines is 1. The highest BCUT2D eigenvalue weighted by molar-refractivity contribution is 6.34. The van der Waals surface area contributed by atoms with Crippen LogP contribution in [0.4, 0.5) is 18.9 Å². The van der Waals surface area contributed by atoms with Crippen molar-refractivity contribution in [2.75, 3.05) is 5.32 Å². The second kappa shape index (κ2) is 6.64. The van der Waals surface area contributed by atoms with Crippen molar-refractivity contribution in [2.45, 2.75) is 12.9 Å². The van der Waals surface area contributed by atoms with Gasteiger partial charge in [0.1, 0.15) is 5.75 Å². The maximum absolute atomic E-state index is 12.1. The fourth-order valence-electron chi connectivity index (χ4n) is 2.26. The summed E-state index contributed by atoms with van der Waals surface area (Å²) >= 11 is 5.97. The van der Waals surface area contributed by atoms with Crippen molar-refractivity contribution in [1.29, 1.82) is 0 Å². The van der Waals surface area contributed by atoms with Crippen molar-refractivity contribution in [3.05, 3.63) is 63.5 Å². The molecular weight excluding hydrogens is 359 g/mol. The number of nitrogens with one attached hydrogen (secondary N) is 2. The average Bonchev–Trinajstić information content (AvgIpc) is 2.56. The summed E-state index contributed by atoms with van der Waals surface area (Å²) in [5, 5.41) is 10.2. The van der Waals surface area contributed by atoms with Gasteiger partial charge >= 0.3 is 6.36 Å². The van der Waals surface area contributed by atoms with E-state index in [4.69, 9.17) is 11.6 Å². The molecular formula is C16H11ClF3N3O2. The minimum atomic E-state index is -4.71. The Morgan fingerprint density at radius 2 is 1.84 bits per heavy atom. The molecule has 0 aliphatic carbocycles. The molecule has 9 heteroatoms. The summed E-state index contributed by atoms with van der Waals surface area (Å²) in [6.07, 6.45) is -4.71. The fourth-order valence-corrected chi connectivity index (χ4v) is 2.45. The molecule has 2 N–H and O–H groups in total. The Hall–Kier alpha value is -2.74. The molecule has 0 amide bonds. The third kappa shape index (κ3) is 4.21. The lowest BCUT2D eigenvalue weighted by Gasteiger charge is -2.10. The molecule has 1 heterocycles. The molecule has 3 aromatic rings. The molecule has 130 valence electrons. The summed E-state index contributed by atoms with van der Waals surface area (Å²) < 4.78 is 40.2. The van der Waals surface area contributed by atoms with Crippen LogP contribution in [0.2, 0.25) is 5.15 Å². The predicted molar refractivity (Wildman–Crippen MR) is 87.8 cm³/mol. The number of benzene rings is 2. The molecule has 0 aliphatic heterocycles. The van der Waals surface area contributed by atoms with Gasteiger partial charge in [0.2, 0.25) is 0 Å². The zero-order valence-electron chi connectivity index (χ0n) is 12.5. The SMILES string of the molecule is O=c1[nH]nc(Cl)c2cc(NCc3ccc(OC(F)(F)F)cc3)ccc12. The van der Waals surface area contributed by atoms with E-state index < -0.39 is 6.36 Å². The largest absolute Gasteiger partial charge is 0.573 e. The zero-order chi connectivity index (χ0) is 18.0. The van der Waals surface area contributed by atoms with Crippen LogP contribution in [-0.4, -0.2) is 16.6 Å². The topological polar surface area (TPSA) is 67.0 Å². The molecule has 2 aromatic carbocycles. The molecule has 0 radical (unpaired) electrons. The number of ether oxygens (including phenoxy) is 1. The molecule has 0 aliphatic rings. The Morgan fingerprint density at radius 3 is 2.52 bits per heavy atom. The fraction of sp³-hybridized carbons (Fsp3) is 0.125. The summed E-state index contributed by atoms with van der Waals surface area (Å²) in [4.78, 5) is 11.7. The molecule has 25 heavy (non-hydrogen) atoms. The van der Waals surface area contributed by atoms with E-state index in [9.17, 15) is 18.0 Å². The van der Waals surface area contributed by atoms with E-state index in [2.05, 4.69) is 20.3 Å². The summed E-state index contributed by atoms with van der Waals surface area (Å²) in [5.74, 6) is -0.279. The van der Waals surface area contributed by atoms with Crippen LogP contribution in [0.1, 0.15) is 5.56 Å². The lowest BCUT2D eigenvalue weighted by molar-refractivity contribution is -0.274. The number of hydrogen-bond acceptors (Lipinski definition) is 4. The molecule has 0 saturated heterocycles. The quantitative estimate of drug-likeness (QED) is 0.727. The van der Waals surface area contributed by atoms with E-state index in [-0.39, 0.29) is 16.5 Å². The van der Waals surface area contributed by atoms with Crippen LogP contribution in [0.3, 0.4) is 0 Å². The maximum Gasteiger partial charge on any atom is 0.573 e. The van der Waals surface area contributed by atoms with Crippen LogP contribution >= 0.6 is 11.6 Å². The van der Waals surface area contributed by atoms with E-state index in [0.29, 0.717) is 23.0 Å². The van der Waals surface area contributed by atoms with Crippen LogP contribution in [0, 0.1) is 0 Å². The van der Waals surface area contributed by atoms with Gasteiger partial charge in [-0.3, -0.25) is 4.79 Å². The molecule has 0 bridgehead atoms. The van der Waals surface area contributed by atoms with Crippen molar-refractivity contribution in [3.63, 3.8) is 0 Å². The number of halogens is 4. The zero-order valence-corrected chi connectivity index (χ0v) is 13.3. The van der Waals surface area contributed by atoms with Crippen molar-refractivity contribution >= 4 is 28.1 Å². The van der Waals surface area contributed by atoms with Gasteiger partial charge in [-0.1, -0.05) is 23.7 Å². The second-order valence-electron chi connectivity index (χ2n) is 5.15. The number of fused-ring (bicyclic) bond motifs is 1. The van der Waals surface area contributed by atoms with E-state index in [1.165, 1.54) is 24.3 Å². The van der Waals surface area contributed by atoms with Gasteiger partial charge in [0.05, 0.1) is 5.39 Å². The third-order valence-corrected chi connectivity index (χ3v) is 3.68. The highest BCUT2D eigenvalue weighted by atomic mass is 35.5. The first-order valence-electron chi connectivity index (χ1n) is 7.08. The van der Waals surface area contributed by atoms with Gasteiger partial charge in [0.25, 0.3) is 5.56 Å². The van der Waals surface area contributed by atoms with Crippen LogP contribution in [-0.2, 0) is 6.54 Å². The molecule has 5 nitrogen and oxygen atoms in total. The Bertz CT molecular complexity index is 955. The highest BCUT2D eigenvalue weighted by Crippen LogP contribution is 2.24. The van der Waals surface area contributed by atoms with Crippen molar-refractivity contribution in [3.8, 4) is 5.75 Å². The third-order valence-electron chi connectivity index (χ3n) is 3.40. The van der Waals surface area contributed by atoms with Gasteiger partial charge in [-0.25, -0.2) is 5.10 Å². The van der Waals surface area contributed by atoms with Crippen LogP contribution in [0.5, 0.6) is 5.75 Å². The van der Waals surface area contributed by atoms with Crippen molar-refractivity contribution in [2.24, 2.45) is 0 Å². The van der Waals surface area contributed by atoms with E-state index in [0.717, 1.165) is 5.56 Å². The maximum atomic E-state index is 12.1. The van der Waals surface area contributed by atoms with Gasteiger partial charge in [-0.05, 0) is 35.9 Å². The number of rotatable bonds is 4. The number of anilines is 1. The normalized spacial score (nSPS) is 11.5. The van der Waals surface area contributed by atoms with Gasteiger partial charge < -0.3 is 10.1 Å². The van der Waals surface area contributed by atoms with E-state index in [1.54, 1.807) is 18.2 Å². The molecule has 1 aromatic heterocycles. The number of hydrogen-bond donors (Lipinski definition) is 2. The number of alkyl halides is 3. The van der Waals surface area contributed by atoms with Crippen LogP contribution in [0.25, 0.3) is 10.8 Å². The number of aromatic nitrogens is 2. The Morgan fingerprint density at radius 1 is 1.12 bits per heavy atom. The number of H-pyrrole nitrogens is 1. The van der Waals surface area contributed by atoms with E-state index >= 15 is 0 Å². The highest BCUT2D eigenvalue weighted by Gasteiger charge is 2.30. The van der Waals surface area contributed by atoms with Gasteiger partial charge in [-0.2, -0.15) is 5.10 Å². The van der Waals surface area contributed by atoms with E-state index in [1.807, 2.05) is 0 Å². The standard InChI is InChI=1S/C16H11ClF3N3O2/c17-14-13-7-10(3-6-12(13)15(24)23-22-14)21-8-9-1-4-11(5-2-9)25-16(18,19)20/h1-7,21H,8H2,(H,23,24). The van der Waals surface area contributed by atoms with Crippen molar-refractivity contribution < 1.29 is 17.9 Å². The number of nitrogens with zero attached hydrogens (tertiary/aromatic N) is 1. The minimum Gasteiger partial charge on any atom is -0.406 e. The first-order valence-corrected chi connectivity index (χ1v) is 7.46. The molecule has 0 fully saturated rings. The van der Waals surface area contributed by atoms with Gasteiger partial charge in [0.15, 0.2) is 5.15 Å². The smallest absolute Gasteiger partial charge is 0.406 e. The molecule has 0 spiro atoms. The predicted octanol–water partition coefficient (Wildman–Crippen LogP) is 4.09. The molecule has 0 saturated carbocycles. The monoisotopic (exact) mass is 369 g/mol. The molecule has 3 rings (SSSR count). The second-order valence-corrected chi connectivity index (χ2v) is 5.51. The van der Waals surface area contributed by atoms with Crippen LogP contribution < -0.4 is 15.6 Å². The summed E-state index contributed by atoms with van der Waals surface area (Å²) in [5.41, 5.74) is 1.10. The summed E-state index contributed by atoms with van der Waals surface area (Å²) in [7, 11) is 0. The lowest BCUT2D eigenvalue weighted by atomic mass is 10.1. The Balaban J connectivity index is 1.72. The summed E-state index contributed by atoms with van der Waals surface area (Å²) in [6.45, 7) is 0.367. The first kappa shape index (κ1) is 17.1. The van der Waals surface area contributed by atoms with Gasteiger partial charge in [0, 0.05) is 17.6 Å². The summed E-state index contributed by atoms with van der Waals surface area (Å²) in [6, 6.07) is 10.5. The van der Waals surface area contributed by atoms with Crippen molar-refractivity contribution in [1.82, 2.24) is 10.2 Å². The Kier molecular flexibility index (Phi) is 4.54. The van der Waals surface area contributed by atoms with Gasteiger partial charge in [-0.15, -0.1) is 13.2 Å². The molecule has 0 unspecified atom stereocenters. The first-order chi connectivity index (χ1) is 11.8. The Labute approximate surface area is 144 Å². The lowest BCUT2D eigenvalue weighted by Crippen LogP contribution is -2.17. The van der Waals surface area contributed by atoms with Crippen LogP contribution in [0.15, 0.2) is 47.3 Å². The minimum absolute atomic E-state index is 0.173.